The topological polar surface area (TPSA) is 9.23 Å². The molecule has 0 aliphatic carbocycles. The minimum atomic E-state index is -0.187. The van der Waals surface area contributed by atoms with E-state index in [0.717, 1.165) is 17.7 Å². The van der Waals surface area contributed by atoms with Gasteiger partial charge < -0.3 is 4.74 Å². The van der Waals surface area contributed by atoms with Gasteiger partial charge in [0.15, 0.2) is 0 Å². The molecule has 2 rings (SSSR count). The van der Waals surface area contributed by atoms with E-state index in [2.05, 4.69) is 44.2 Å². The molecule has 0 bridgehead atoms. The van der Waals surface area contributed by atoms with Crippen molar-refractivity contribution in [1.29, 1.82) is 0 Å². The van der Waals surface area contributed by atoms with E-state index in [4.69, 9.17) is 4.74 Å². The fraction of sp³-hybridized carbons (Fsp3) is 0.235. The Morgan fingerprint density at radius 1 is 1.00 bits per heavy atom. The Morgan fingerprint density at radius 3 is 2.28 bits per heavy atom. The lowest BCUT2D eigenvalue weighted by Gasteiger charge is -2.27. The number of ether oxygens (including phenoxy) is 1. The van der Waals surface area contributed by atoms with E-state index < -0.39 is 0 Å². The first-order valence-electron chi connectivity index (χ1n) is 6.16. The van der Waals surface area contributed by atoms with Crippen LogP contribution in [0.4, 0.5) is 0 Å². The molecule has 1 heteroatoms. The smallest absolute Gasteiger partial charge is 0.122 e. The highest BCUT2D eigenvalue weighted by atomic mass is 16.5. The highest BCUT2D eigenvalue weighted by Gasteiger charge is 2.24. The summed E-state index contributed by atoms with van der Waals surface area (Å²) in [5.41, 5.74) is 2.26. The van der Waals surface area contributed by atoms with Gasteiger partial charge in [-0.25, -0.2) is 0 Å². The summed E-state index contributed by atoms with van der Waals surface area (Å²) in [4.78, 5) is 0. The Balaban J connectivity index is 2.30. The second kappa shape index (κ2) is 5.26. The molecule has 0 fully saturated rings. The molecule has 0 N–H and O–H groups in total. The van der Waals surface area contributed by atoms with Crippen molar-refractivity contribution in [3.05, 3.63) is 72.6 Å². The second-order valence-corrected chi connectivity index (χ2v) is 4.92. The normalized spacial score (nSPS) is 11.3. The van der Waals surface area contributed by atoms with Gasteiger partial charge in [-0.15, -0.1) is 0 Å². The standard InChI is InChI=1S/C17H19O/c1-17(2,13-14-9-5-4-6-10-14)15-11-7-8-12-16(15)18-3/h4-12H,1,13H2,2-3H3. The van der Waals surface area contributed by atoms with Crippen LogP contribution in [0, 0.1) is 6.92 Å². The molecule has 18 heavy (non-hydrogen) atoms. The van der Waals surface area contributed by atoms with E-state index in [9.17, 15) is 0 Å². The van der Waals surface area contributed by atoms with E-state index in [-0.39, 0.29) is 5.41 Å². The number of hydrogen-bond donors (Lipinski definition) is 0. The summed E-state index contributed by atoms with van der Waals surface area (Å²) in [6.07, 6.45) is 0.897. The molecule has 0 saturated carbocycles. The van der Waals surface area contributed by atoms with Gasteiger partial charge in [-0.05, 0) is 25.0 Å². The van der Waals surface area contributed by atoms with Crippen LogP contribution in [0.3, 0.4) is 0 Å². The van der Waals surface area contributed by atoms with Crippen LogP contribution in [0.25, 0.3) is 0 Å². The van der Waals surface area contributed by atoms with Crippen LogP contribution in [0.2, 0.25) is 0 Å². The molecular formula is C17H19O. The van der Waals surface area contributed by atoms with Crippen molar-refractivity contribution in [3.8, 4) is 5.75 Å². The molecule has 0 spiro atoms. The SMILES string of the molecule is [CH2]C(C)(Cc1ccccc1)c1ccccc1OC. The summed E-state index contributed by atoms with van der Waals surface area (Å²) in [6.45, 7) is 6.51. The molecule has 1 unspecified atom stereocenters. The molecule has 0 amide bonds. The van der Waals surface area contributed by atoms with Crippen molar-refractivity contribution in [2.75, 3.05) is 7.11 Å². The number of hydrogen-bond acceptors (Lipinski definition) is 1. The molecule has 2 aromatic carbocycles. The lowest BCUT2D eigenvalue weighted by molar-refractivity contribution is 0.398. The van der Waals surface area contributed by atoms with Crippen LogP contribution in [0.5, 0.6) is 5.75 Å². The first kappa shape index (κ1) is 12.7. The maximum Gasteiger partial charge on any atom is 0.122 e. The molecule has 1 nitrogen and oxygen atoms in total. The van der Waals surface area contributed by atoms with Gasteiger partial charge in [0.05, 0.1) is 7.11 Å². The van der Waals surface area contributed by atoms with Gasteiger partial charge in [0, 0.05) is 11.0 Å². The molecule has 0 aliphatic heterocycles. The fourth-order valence-corrected chi connectivity index (χ4v) is 2.28. The van der Waals surface area contributed by atoms with Gasteiger partial charge in [-0.3, -0.25) is 0 Å². The Bertz CT molecular complexity index is 500. The minimum Gasteiger partial charge on any atom is -0.496 e. The van der Waals surface area contributed by atoms with Gasteiger partial charge >= 0.3 is 0 Å². The number of methoxy groups -OCH3 is 1. The lowest BCUT2D eigenvalue weighted by atomic mass is 9.79. The predicted molar refractivity (Wildman–Crippen MR) is 75.8 cm³/mol. The first-order chi connectivity index (χ1) is 8.63. The highest BCUT2D eigenvalue weighted by molar-refractivity contribution is 5.41. The average Bonchev–Trinajstić information content (AvgIpc) is 2.39. The molecule has 1 atom stereocenters. The fourth-order valence-electron chi connectivity index (χ4n) is 2.28. The van der Waals surface area contributed by atoms with Gasteiger partial charge in [-0.1, -0.05) is 55.5 Å². The second-order valence-electron chi connectivity index (χ2n) is 4.92. The van der Waals surface area contributed by atoms with Crippen molar-refractivity contribution < 1.29 is 4.74 Å². The Kier molecular flexibility index (Phi) is 3.71. The van der Waals surface area contributed by atoms with E-state index in [1.54, 1.807) is 7.11 Å². The molecule has 0 heterocycles. The van der Waals surface area contributed by atoms with E-state index in [1.165, 1.54) is 5.56 Å². The third-order valence-corrected chi connectivity index (χ3v) is 3.19. The number of rotatable bonds is 4. The maximum atomic E-state index is 5.43. The zero-order chi connectivity index (χ0) is 13.0. The quantitative estimate of drug-likeness (QED) is 0.782. The third-order valence-electron chi connectivity index (χ3n) is 3.19. The number of para-hydroxylation sites is 1. The van der Waals surface area contributed by atoms with Crippen molar-refractivity contribution in [3.63, 3.8) is 0 Å². The van der Waals surface area contributed by atoms with Gasteiger partial charge in [-0.2, -0.15) is 0 Å². The Labute approximate surface area is 109 Å². The lowest BCUT2D eigenvalue weighted by Crippen LogP contribution is -2.21. The van der Waals surface area contributed by atoms with Gasteiger partial charge in [0.2, 0.25) is 0 Å². The summed E-state index contributed by atoms with van der Waals surface area (Å²) < 4.78 is 5.43. The monoisotopic (exact) mass is 239 g/mol. The molecule has 0 aromatic heterocycles. The van der Waals surface area contributed by atoms with Gasteiger partial charge in [0.25, 0.3) is 0 Å². The number of benzene rings is 2. The Morgan fingerprint density at radius 2 is 1.61 bits per heavy atom. The third kappa shape index (κ3) is 2.73. The van der Waals surface area contributed by atoms with Gasteiger partial charge in [0.1, 0.15) is 5.75 Å². The first-order valence-corrected chi connectivity index (χ1v) is 6.16. The molecule has 0 aliphatic rings. The van der Waals surface area contributed by atoms with Crippen LogP contribution in [0.15, 0.2) is 54.6 Å². The largest absolute Gasteiger partial charge is 0.496 e. The van der Waals surface area contributed by atoms with E-state index in [0.29, 0.717) is 0 Å². The summed E-state index contributed by atoms with van der Waals surface area (Å²) >= 11 is 0. The highest BCUT2D eigenvalue weighted by Crippen LogP contribution is 2.33. The maximum absolute atomic E-state index is 5.43. The zero-order valence-corrected chi connectivity index (χ0v) is 11.0. The van der Waals surface area contributed by atoms with Crippen molar-refractivity contribution in [2.45, 2.75) is 18.8 Å². The van der Waals surface area contributed by atoms with Crippen molar-refractivity contribution in [2.24, 2.45) is 0 Å². The molecule has 2 aromatic rings. The zero-order valence-electron chi connectivity index (χ0n) is 11.0. The van der Waals surface area contributed by atoms with Crippen LogP contribution in [-0.2, 0) is 11.8 Å². The Hall–Kier alpha value is -1.76. The van der Waals surface area contributed by atoms with Crippen LogP contribution in [-0.4, -0.2) is 7.11 Å². The predicted octanol–water partition coefficient (Wildman–Crippen LogP) is 4.03. The van der Waals surface area contributed by atoms with Crippen molar-refractivity contribution in [1.82, 2.24) is 0 Å². The van der Waals surface area contributed by atoms with Crippen LogP contribution >= 0.6 is 0 Å². The summed E-state index contributed by atoms with van der Waals surface area (Å²) in [5.74, 6) is 0.908. The molecule has 1 radical (unpaired) electrons. The minimum absolute atomic E-state index is 0.187. The molecule has 93 valence electrons. The summed E-state index contributed by atoms with van der Waals surface area (Å²) in [6, 6.07) is 18.5. The van der Waals surface area contributed by atoms with Crippen LogP contribution in [0.1, 0.15) is 18.1 Å². The van der Waals surface area contributed by atoms with Crippen molar-refractivity contribution >= 4 is 0 Å². The summed E-state index contributed by atoms with van der Waals surface area (Å²) in [5, 5.41) is 0. The van der Waals surface area contributed by atoms with Crippen LogP contribution < -0.4 is 4.74 Å². The average molecular weight is 239 g/mol. The molecular weight excluding hydrogens is 220 g/mol. The van der Waals surface area contributed by atoms with E-state index in [1.807, 2.05) is 24.3 Å². The summed E-state index contributed by atoms with van der Waals surface area (Å²) in [7, 11) is 1.71. The molecule has 0 saturated heterocycles. The van der Waals surface area contributed by atoms with E-state index >= 15 is 0 Å².